The highest BCUT2D eigenvalue weighted by molar-refractivity contribution is 14.1. The van der Waals surface area contributed by atoms with Crippen LogP contribution in [0.2, 0.25) is 5.02 Å². The number of aryl methyl sites for hydroxylation is 1. The van der Waals surface area contributed by atoms with Crippen molar-refractivity contribution in [1.82, 2.24) is 14.9 Å². The lowest BCUT2D eigenvalue weighted by Crippen LogP contribution is -2.49. The molecule has 2 aliphatic carbocycles. The molecular weight excluding hydrogens is 827 g/mol. The van der Waals surface area contributed by atoms with Gasteiger partial charge in [0.1, 0.15) is 5.75 Å². The maximum absolute atomic E-state index is 13.3. The first-order valence-electron chi connectivity index (χ1n) is 18.9. The molecule has 5 atom stereocenters. The van der Waals surface area contributed by atoms with Crippen LogP contribution in [0.15, 0.2) is 48.6 Å². The number of nitrogens with zero attached hydrogens (tertiary/aromatic N) is 2. The highest BCUT2D eigenvalue weighted by atomic mass is 127. The van der Waals surface area contributed by atoms with Crippen molar-refractivity contribution in [3.8, 4) is 5.75 Å². The quantitative estimate of drug-likeness (QED) is 0.281. The zero-order chi connectivity index (χ0) is 38.2. The van der Waals surface area contributed by atoms with Crippen LogP contribution in [0.3, 0.4) is 0 Å². The Balaban J connectivity index is 0.000000388. The number of carbonyl (C=O) groups excluding carboxylic acids is 2. The number of amides is 1. The molecule has 292 valence electrons. The molecule has 2 N–H and O–H groups in total. The molecule has 1 saturated heterocycles. The van der Waals surface area contributed by atoms with E-state index in [1.807, 2.05) is 25.0 Å². The summed E-state index contributed by atoms with van der Waals surface area (Å²) < 4.78 is 40.2. The van der Waals surface area contributed by atoms with Gasteiger partial charge in [-0.2, -0.15) is 0 Å². The molecule has 2 aromatic rings. The molecule has 13 heteroatoms. The van der Waals surface area contributed by atoms with E-state index in [4.69, 9.17) is 21.1 Å². The summed E-state index contributed by atoms with van der Waals surface area (Å²) in [5.74, 6) is -0.0319. The first-order valence-corrected chi connectivity index (χ1v) is 23.0. The predicted octanol–water partition coefficient (Wildman–Crippen LogP) is 6.04. The van der Waals surface area contributed by atoms with Crippen LogP contribution in [-0.4, -0.2) is 101 Å². The van der Waals surface area contributed by atoms with Gasteiger partial charge >= 0.3 is 0 Å². The summed E-state index contributed by atoms with van der Waals surface area (Å²) >= 11 is 8.52. The molecule has 0 aromatic heterocycles. The molecule has 10 nitrogen and oxygen atoms in total. The molecule has 2 fully saturated rings. The van der Waals surface area contributed by atoms with Crippen molar-refractivity contribution in [1.29, 1.82) is 0 Å². The molecule has 2 aromatic carbocycles. The fourth-order valence-corrected chi connectivity index (χ4v) is 9.58. The first kappa shape index (κ1) is 41.9. The molecule has 3 heterocycles. The van der Waals surface area contributed by atoms with Crippen LogP contribution in [-0.2, 0) is 31.4 Å². The molecule has 2 bridgehead atoms. The molecule has 7 rings (SSSR count). The third-order valence-electron chi connectivity index (χ3n) is 11.6. The van der Waals surface area contributed by atoms with Crippen molar-refractivity contribution in [2.75, 3.05) is 76.0 Å². The van der Waals surface area contributed by atoms with E-state index in [1.54, 1.807) is 37.3 Å². The number of carbonyl (C=O) groups is 2. The number of hydrogen-bond acceptors (Lipinski definition) is 9. The van der Waals surface area contributed by atoms with E-state index in [0.717, 1.165) is 82.2 Å². The Kier molecular flexibility index (Phi) is 15.1. The average molecular weight is 883 g/mol. The minimum atomic E-state index is -3.93. The monoisotopic (exact) mass is 882 g/mol. The highest BCUT2D eigenvalue weighted by Gasteiger charge is 2.44. The molecule has 1 amide bonds. The Hall–Kier alpha value is -2.23. The summed E-state index contributed by atoms with van der Waals surface area (Å²) in [5.41, 5.74) is 3.22. The number of hydrogen-bond donors (Lipinski definition) is 2. The fraction of sp³-hybridized carbons (Fsp3) is 0.600. The fourth-order valence-electron chi connectivity index (χ4n) is 8.10. The number of ether oxygens (including phenoxy) is 2. The van der Waals surface area contributed by atoms with Gasteiger partial charge in [0.25, 0.3) is 5.91 Å². The summed E-state index contributed by atoms with van der Waals surface area (Å²) in [6.07, 6.45) is 8.60. The number of likely N-dealkylation sites (N-methyl/N-ethyl adjacent to an activating group) is 1. The van der Waals surface area contributed by atoms with E-state index in [1.165, 1.54) is 11.1 Å². The number of sulfonamides is 1. The van der Waals surface area contributed by atoms with Gasteiger partial charge in [0, 0.05) is 61.2 Å². The summed E-state index contributed by atoms with van der Waals surface area (Å²) in [6, 6.07) is 11.3. The van der Waals surface area contributed by atoms with E-state index in [9.17, 15) is 18.0 Å². The van der Waals surface area contributed by atoms with E-state index in [-0.39, 0.29) is 34.5 Å². The number of rotatable bonds is 3. The van der Waals surface area contributed by atoms with Gasteiger partial charge in [0.05, 0.1) is 30.8 Å². The molecule has 1 saturated carbocycles. The molecule has 1 spiro atoms. The molecule has 5 aliphatic rings. The lowest BCUT2D eigenvalue weighted by molar-refractivity contribution is -0.122. The number of ketones is 1. The SMILES string of the molecule is CI.CNCCN1CCOCC1.C[C@@H]1[C@@H](C)C/C=C/C(=O)[C@@H]2CC[C@H]2CN2C[C@@]3(CCCc4cc(Cl)ccc43)COc3ccc(cc32)C(=O)NS1(=O)=O. The number of fused-ring (bicyclic) bond motifs is 4. The van der Waals surface area contributed by atoms with Crippen LogP contribution in [0.25, 0.3) is 0 Å². The zero-order valence-corrected chi connectivity index (χ0v) is 35.3. The first-order chi connectivity index (χ1) is 25.5. The maximum atomic E-state index is 13.3. The third-order valence-corrected chi connectivity index (χ3v) is 13.8. The predicted molar refractivity (Wildman–Crippen MR) is 221 cm³/mol. The standard InChI is InChI=1S/C32H37ClN2O5S.C7H16N2O.CH3I/c1-20-5-3-7-29(36)26-11-8-24(26)17-35-18-32(14-4-6-22-15-25(33)10-12-27(22)32)19-40-30-13-9-23(16-28(30)35)31(37)34-41(38,39)21(20)2;1-8-2-3-9-4-6-10-7-5-9;1-2/h3,7,9-10,12-13,15-16,20-21,24,26H,4-6,8,11,14,17-19H2,1-2H3,(H,34,37);8H,2-7H2,1H3;1H3/b7-3+;;/t20-,21+,24-,26+,32-;;/m0../s1. The minimum absolute atomic E-state index is 0.0666. The number of anilines is 1. The summed E-state index contributed by atoms with van der Waals surface area (Å²) in [5, 5.41) is 3.05. The van der Waals surface area contributed by atoms with Crippen molar-refractivity contribution in [2.24, 2.45) is 17.8 Å². The zero-order valence-electron chi connectivity index (χ0n) is 31.5. The van der Waals surface area contributed by atoms with Crippen molar-refractivity contribution >= 4 is 61.6 Å². The second-order valence-corrected chi connectivity index (χ2v) is 17.5. The minimum Gasteiger partial charge on any atom is -0.490 e. The van der Waals surface area contributed by atoms with E-state index in [2.05, 4.69) is 54.6 Å². The van der Waals surface area contributed by atoms with Gasteiger partial charge in [-0.1, -0.05) is 53.3 Å². The Morgan fingerprint density at radius 2 is 1.85 bits per heavy atom. The van der Waals surface area contributed by atoms with Crippen LogP contribution in [0.5, 0.6) is 5.75 Å². The van der Waals surface area contributed by atoms with E-state index >= 15 is 0 Å². The smallest absolute Gasteiger partial charge is 0.264 e. The summed E-state index contributed by atoms with van der Waals surface area (Å²) in [6.45, 7) is 11.5. The Morgan fingerprint density at radius 3 is 2.57 bits per heavy atom. The Morgan fingerprint density at radius 1 is 1.08 bits per heavy atom. The van der Waals surface area contributed by atoms with Gasteiger partial charge in [-0.3, -0.25) is 14.5 Å². The molecule has 3 aliphatic heterocycles. The lowest BCUT2D eigenvalue weighted by Gasteiger charge is -2.44. The molecular formula is C40H56ClIN4O6S. The topological polar surface area (TPSA) is 117 Å². The lowest BCUT2D eigenvalue weighted by atomic mass is 9.68. The number of allylic oxidation sites excluding steroid dienone is 2. The van der Waals surface area contributed by atoms with E-state index < -0.39 is 21.2 Å². The number of alkyl halides is 1. The molecule has 0 radical (unpaired) electrons. The van der Waals surface area contributed by atoms with Gasteiger partial charge in [-0.15, -0.1) is 0 Å². The molecule has 0 unspecified atom stereocenters. The van der Waals surface area contributed by atoms with Crippen molar-refractivity contribution in [3.05, 3.63) is 70.3 Å². The second kappa shape index (κ2) is 19.1. The Bertz CT molecular complexity index is 1720. The third kappa shape index (κ3) is 10.2. The van der Waals surface area contributed by atoms with Crippen LogP contribution in [0.1, 0.15) is 67.4 Å². The number of halogens is 2. The summed E-state index contributed by atoms with van der Waals surface area (Å²) in [4.78, 5) is 33.2. The number of morpholine rings is 1. The Labute approximate surface area is 334 Å². The molecule has 53 heavy (non-hydrogen) atoms. The van der Waals surface area contributed by atoms with Crippen LogP contribution in [0, 0.1) is 17.8 Å². The van der Waals surface area contributed by atoms with Crippen LogP contribution < -0.4 is 19.7 Å². The highest BCUT2D eigenvalue weighted by Crippen LogP contribution is 2.46. The maximum Gasteiger partial charge on any atom is 0.264 e. The number of nitrogens with one attached hydrogen (secondary N) is 2. The van der Waals surface area contributed by atoms with E-state index in [0.29, 0.717) is 31.9 Å². The van der Waals surface area contributed by atoms with Crippen molar-refractivity contribution in [3.63, 3.8) is 0 Å². The van der Waals surface area contributed by atoms with Gasteiger partial charge < -0.3 is 19.7 Å². The van der Waals surface area contributed by atoms with Gasteiger partial charge in [-0.25, -0.2) is 13.1 Å². The largest absolute Gasteiger partial charge is 0.490 e. The summed E-state index contributed by atoms with van der Waals surface area (Å²) in [7, 11) is -1.95. The van der Waals surface area contributed by atoms with Crippen molar-refractivity contribution < 1.29 is 27.5 Å². The van der Waals surface area contributed by atoms with Crippen molar-refractivity contribution in [2.45, 2.75) is 63.0 Å². The van der Waals surface area contributed by atoms with Gasteiger partial charge in [0.15, 0.2) is 5.78 Å². The van der Waals surface area contributed by atoms with Crippen LogP contribution in [0.4, 0.5) is 5.69 Å². The second-order valence-electron chi connectivity index (χ2n) is 15.0. The van der Waals surface area contributed by atoms with Gasteiger partial charge in [-0.05, 0) is 117 Å². The van der Waals surface area contributed by atoms with Crippen LogP contribution >= 0.6 is 34.2 Å². The normalized spacial score (nSPS) is 28.9. The van der Waals surface area contributed by atoms with Gasteiger partial charge in [0.2, 0.25) is 10.0 Å². The number of benzene rings is 2. The average Bonchev–Trinajstić information content (AvgIpc) is 3.29.